The number of imidazole rings is 1. The number of aromatic nitrogens is 4. The number of aliphatic hydroxyl groups is 1. The average molecular weight is 310 g/mol. The predicted molar refractivity (Wildman–Crippen MR) is 84.3 cm³/mol. The standard InChI is InChI=1S/C13H22N6O3/c1-8(20)7-19-9-10(18(4)13(22)16-11(9)21)15-12(19)14-5-6-17(2)3/h8,20H,5-7H2,1-4H3,(H,14,15)(H,16,21,22). The summed E-state index contributed by atoms with van der Waals surface area (Å²) in [6.45, 7) is 3.25. The number of anilines is 1. The molecule has 9 heteroatoms. The van der Waals surface area contributed by atoms with Gasteiger partial charge >= 0.3 is 5.69 Å². The molecule has 0 saturated carbocycles. The minimum Gasteiger partial charge on any atom is -0.392 e. The first-order valence-electron chi connectivity index (χ1n) is 7.07. The molecule has 2 heterocycles. The van der Waals surface area contributed by atoms with Crippen molar-refractivity contribution in [3.05, 3.63) is 20.8 Å². The van der Waals surface area contributed by atoms with Crippen LogP contribution in [0, 0.1) is 0 Å². The lowest BCUT2D eigenvalue weighted by Crippen LogP contribution is -2.30. The van der Waals surface area contributed by atoms with Crippen LogP contribution < -0.4 is 16.6 Å². The summed E-state index contributed by atoms with van der Waals surface area (Å²) in [6, 6.07) is 0. The molecule has 0 saturated heterocycles. The zero-order valence-electron chi connectivity index (χ0n) is 13.3. The van der Waals surface area contributed by atoms with Crippen molar-refractivity contribution in [2.45, 2.75) is 19.6 Å². The van der Waals surface area contributed by atoms with Crippen LogP contribution in [0.4, 0.5) is 5.95 Å². The Balaban J connectivity index is 2.54. The number of hydrogen-bond donors (Lipinski definition) is 3. The van der Waals surface area contributed by atoms with E-state index in [4.69, 9.17) is 0 Å². The summed E-state index contributed by atoms with van der Waals surface area (Å²) in [4.78, 5) is 32.4. The number of fused-ring (bicyclic) bond motifs is 1. The molecule has 0 spiro atoms. The third kappa shape index (κ3) is 3.20. The van der Waals surface area contributed by atoms with Gasteiger partial charge in [-0.2, -0.15) is 4.98 Å². The number of hydrogen-bond acceptors (Lipinski definition) is 6. The Morgan fingerprint density at radius 2 is 2.09 bits per heavy atom. The molecule has 9 nitrogen and oxygen atoms in total. The second kappa shape index (κ2) is 6.32. The number of aromatic amines is 1. The Kier molecular flexibility index (Phi) is 4.67. The predicted octanol–water partition coefficient (Wildman–Crippen LogP) is -1.22. The zero-order chi connectivity index (χ0) is 16.4. The Morgan fingerprint density at radius 3 is 2.68 bits per heavy atom. The first-order chi connectivity index (χ1) is 10.3. The highest BCUT2D eigenvalue weighted by Crippen LogP contribution is 2.15. The van der Waals surface area contributed by atoms with Crippen LogP contribution in [-0.4, -0.2) is 62.4 Å². The van der Waals surface area contributed by atoms with Gasteiger partial charge < -0.3 is 19.9 Å². The Morgan fingerprint density at radius 1 is 1.41 bits per heavy atom. The Bertz CT molecular complexity index is 770. The lowest BCUT2D eigenvalue weighted by Gasteiger charge is -2.13. The smallest absolute Gasteiger partial charge is 0.329 e. The number of rotatable bonds is 6. The van der Waals surface area contributed by atoms with Gasteiger partial charge in [0.25, 0.3) is 5.56 Å². The monoisotopic (exact) mass is 310 g/mol. The number of likely N-dealkylation sites (N-methyl/N-ethyl adjacent to an activating group) is 1. The summed E-state index contributed by atoms with van der Waals surface area (Å²) < 4.78 is 2.89. The van der Waals surface area contributed by atoms with Crippen LogP contribution in [0.2, 0.25) is 0 Å². The van der Waals surface area contributed by atoms with Crippen molar-refractivity contribution in [2.24, 2.45) is 7.05 Å². The molecule has 0 aromatic carbocycles. The third-order valence-electron chi connectivity index (χ3n) is 3.30. The summed E-state index contributed by atoms with van der Waals surface area (Å²) in [5.74, 6) is 0.462. The summed E-state index contributed by atoms with van der Waals surface area (Å²) in [7, 11) is 5.45. The molecule has 0 amide bonds. The van der Waals surface area contributed by atoms with Crippen molar-refractivity contribution >= 4 is 17.1 Å². The quantitative estimate of drug-likeness (QED) is 0.617. The first kappa shape index (κ1) is 16.2. The van der Waals surface area contributed by atoms with Crippen LogP contribution >= 0.6 is 0 Å². The second-order valence-electron chi connectivity index (χ2n) is 5.62. The van der Waals surface area contributed by atoms with Crippen LogP contribution in [0.5, 0.6) is 0 Å². The van der Waals surface area contributed by atoms with E-state index >= 15 is 0 Å². The molecule has 0 aliphatic rings. The molecule has 2 aromatic rings. The van der Waals surface area contributed by atoms with Crippen LogP contribution in [0.1, 0.15) is 6.92 Å². The van der Waals surface area contributed by atoms with Crippen LogP contribution in [0.3, 0.4) is 0 Å². The maximum Gasteiger partial charge on any atom is 0.329 e. The summed E-state index contributed by atoms with van der Waals surface area (Å²) in [5.41, 5.74) is -0.456. The minimum atomic E-state index is -0.650. The van der Waals surface area contributed by atoms with Crippen molar-refractivity contribution in [1.82, 2.24) is 24.0 Å². The maximum absolute atomic E-state index is 12.1. The molecule has 0 aliphatic heterocycles. The lowest BCUT2D eigenvalue weighted by molar-refractivity contribution is 0.175. The highest BCUT2D eigenvalue weighted by Gasteiger charge is 2.18. The zero-order valence-corrected chi connectivity index (χ0v) is 13.3. The van der Waals surface area contributed by atoms with Crippen molar-refractivity contribution < 1.29 is 5.11 Å². The number of nitrogens with one attached hydrogen (secondary N) is 2. The van der Waals surface area contributed by atoms with E-state index in [0.717, 1.165) is 6.54 Å². The fourth-order valence-corrected chi connectivity index (χ4v) is 2.20. The van der Waals surface area contributed by atoms with Crippen LogP contribution in [0.25, 0.3) is 11.2 Å². The topological polar surface area (TPSA) is 108 Å². The molecule has 3 N–H and O–H groups in total. The van der Waals surface area contributed by atoms with Gasteiger partial charge in [-0.1, -0.05) is 0 Å². The molecule has 122 valence electrons. The molecular formula is C13H22N6O3. The molecule has 22 heavy (non-hydrogen) atoms. The Labute approximate surface area is 127 Å². The highest BCUT2D eigenvalue weighted by atomic mass is 16.3. The van der Waals surface area contributed by atoms with Gasteiger partial charge in [0, 0.05) is 20.1 Å². The minimum absolute atomic E-state index is 0.210. The first-order valence-corrected chi connectivity index (χ1v) is 7.07. The molecule has 0 fully saturated rings. The van der Waals surface area contributed by atoms with Gasteiger partial charge in [-0.15, -0.1) is 0 Å². The Hall–Kier alpha value is -2.13. The van der Waals surface area contributed by atoms with Gasteiger partial charge in [0.2, 0.25) is 5.95 Å². The van der Waals surface area contributed by atoms with Gasteiger partial charge in [-0.3, -0.25) is 14.3 Å². The van der Waals surface area contributed by atoms with E-state index in [1.807, 2.05) is 19.0 Å². The van der Waals surface area contributed by atoms with Crippen molar-refractivity contribution in [2.75, 3.05) is 32.5 Å². The molecule has 0 radical (unpaired) electrons. The fraction of sp³-hybridized carbons (Fsp3) is 0.615. The van der Waals surface area contributed by atoms with E-state index in [1.54, 1.807) is 18.5 Å². The largest absolute Gasteiger partial charge is 0.392 e. The fourth-order valence-electron chi connectivity index (χ4n) is 2.20. The van der Waals surface area contributed by atoms with Gasteiger partial charge in [-0.05, 0) is 21.0 Å². The van der Waals surface area contributed by atoms with Crippen molar-refractivity contribution in [1.29, 1.82) is 0 Å². The second-order valence-corrected chi connectivity index (χ2v) is 5.62. The van der Waals surface area contributed by atoms with E-state index in [9.17, 15) is 14.7 Å². The van der Waals surface area contributed by atoms with Crippen molar-refractivity contribution in [3.8, 4) is 0 Å². The molecular weight excluding hydrogens is 288 g/mol. The molecule has 0 bridgehead atoms. The molecule has 2 rings (SSSR count). The molecule has 0 aliphatic carbocycles. The normalized spacial score (nSPS) is 13.0. The number of aliphatic hydroxyl groups excluding tert-OH is 1. The van der Waals surface area contributed by atoms with E-state index in [0.29, 0.717) is 18.1 Å². The van der Waals surface area contributed by atoms with Gasteiger partial charge in [0.15, 0.2) is 11.2 Å². The van der Waals surface area contributed by atoms with Gasteiger partial charge in [0.1, 0.15) is 0 Å². The number of H-pyrrole nitrogens is 1. The maximum atomic E-state index is 12.1. The van der Waals surface area contributed by atoms with E-state index in [-0.39, 0.29) is 12.1 Å². The summed E-state index contributed by atoms with van der Waals surface area (Å²) >= 11 is 0. The number of aryl methyl sites for hydroxylation is 1. The van der Waals surface area contributed by atoms with E-state index in [2.05, 4.69) is 15.3 Å². The summed E-state index contributed by atoms with van der Waals surface area (Å²) in [6.07, 6.45) is -0.650. The van der Waals surface area contributed by atoms with Crippen LogP contribution in [0.15, 0.2) is 9.59 Å². The van der Waals surface area contributed by atoms with Crippen LogP contribution in [-0.2, 0) is 13.6 Å². The highest BCUT2D eigenvalue weighted by molar-refractivity contribution is 5.74. The summed E-state index contributed by atoms with van der Waals surface area (Å²) in [5, 5.41) is 12.8. The van der Waals surface area contributed by atoms with E-state index in [1.165, 1.54) is 4.57 Å². The number of nitrogens with zero attached hydrogens (tertiary/aromatic N) is 4. The van der Waals surface area contributed by atoms with Gasteiger partial charge in [-0.25, -0.2) is 4.79 Å². The van der Waals surface area contributed by atoms with E-state index < -0.39 is 17.4 Å². The van der Waals surface area contributed by atoms with Crippen molar-refractivity contribution in [3.63, 3.8) is 0 Å². The SMILES string of the molecule is CC(O)Cn1c(NCCN(C)C)nc2c1c(=O)[nH]c(=O)n2C. The van der Waals surface area contributed by atoms with Gasteiger partial charge in [0.05, 0.1) is 12.6 Å². The molecule has 2 aromatic heterocycles. The average Bonchev–Trinajstić information content (AvgIpc) is 2.74. The third-order valence-corrected chi connectivity index (χ3v) is 3.30. The lowest BCUT2D eigenvalue weighted by atomic mass is 10.4. The molecule has 1 unspecified atom stereocenters. The molecule has 1 atom stereocenters.